The average molecular weight is 1240 g/mol. The molecule has 0 fully saturated rings. The molecular formula is C54H46BaCl2N6O12S2. The van der Waals surface area contributed by atoms with E-state index in [0.29, 0.717) is 81.6 Å². The number of ether oxygens (including phenoxy) is 2. The van der Waals surface area contributed by atoms with Crippen LogP contribution in [-0.2, 0) is 33.1 Å². The van der Waals surface area contributed by atoms with Gasteiger partial charge < -0.3 is 30.1 Å². The van der Waals surface area contributed by atoms with Crippen molar-refractivity contribution in [2.75, 3.05) is 18.5 Å². The molecule has 0 bridgehead atoms. The first-order chi connectivity index (χ1) is 36.2. The molecule has 0 aliphatic rings. The molecule has 0 spiro atoms. The molecule has 4 N–H and O–H groups in total. The molecule has 23 heteroatoms. The Hall–Kier alpha value is -6.41. The van der Waals surface area contributed by atoms with Crippen molar-refractivity contribution in [2.24, 2.45) is 25.4 Å². The number of aryl methyl sites for hydroxylation is 2. The molecular weight excluding hydrogens is 1200 g/mol. The van der Waals surface area contributed by atoms with Crippen molar-refractivity contribution in [3.05, 3.63) is 166 Å². The summed E-state index contributed by atoms with van der Waals surface area (Å²) in [4.78, 5) is 16.2. The van der Waals surface area contributed by atoms with Gasteiger partial charge in [0.25, 0.3) is 26.1 Å². The minimum atomic E-state index is -4.62. The predicted octanol–water partition coefficient (Wildman–Crippen LogP) is 12.3. The van der Waals surface area contributed by atoms with Gasteiger partial charge in [0.2, 0.25) is 0 Å². The first kappa shape index (κ1) is 59.8. The van der Waals surface area contributed by atoms with E-state index < -0.39 is 53.3 Å². The monoisotopic (exact) mass is 1240 g/mol. The van der Waals surface area contributed by atoms with E-state index in [-0.39, 0.29) is 92.8 Å². The van der Waals surface area contributed by atoms with Crippen molar-refractivity contribution in [1.29, 1.82) is 0 Å². The second-order valence-corrected chi connectivity index (χ2v) is 19.9. The molecule has 0 heterocycles. The Balaban J connectivity index is 0.000000246. The zero-order chi connectivity index (χ0) is 54.9. The van der Waals surface area contributed by atoms with E-state index in [2.05, 4.69) is 30.8 Å². The number of rotatable bonds is 16. The third-order valence-corrected chi connectivity index (χ3v) is 13.9. The normalized spacial score (nSPS) is 11.9. The summed E-state index contributed by atoms with van der Waals surface area (Å²) in [6, 6.07) is 35.3. The smallest absolute Gasteiger partial charge is 0.871 e. The van der Waals surface area contributed by atoms with Gasteiger partial charge in [-0.25, -0.2) is 0 Å². The second kappa shape index (κ2) is 26.3. The minimum Gasteiger partial charge on any atom is -0.871 e. The molecule has 0 saturated heterocycles. The Bertz CT molecular complexity index is 3860. The number of hydrogen-bond donors (Lipinski definition) is 4. The number of azo groups is 2. The summed E-state index contributed by atoms with van der Waals surface area (Å²) in [5.74, 6) is -1.32. The Morgan fingerprint density at radius 2 is 1.09 bits per heavy atom. The fraction of sp³-hybridized carbons (Fsp3) is 0.148. The molecule has 0 aromatic heterocycles. The van der Waals surface area contributed by atoms with Crippen LogP contribution >= 0.6 is 23.2 Å². The van der Waals surface area contributed by atoms with Crippen molar-refractivity contribution in [3.8, 4) is 23.0 Å². The Morgan fingerprint density at radius 1 is 0.610 bits per heavy atom. The summed E-state index contributed by atoms with van der Waals surface area (Å²) in [5, 5.41) is 58.8. The van der Waals surface area contributed by atoms with Crippen LogP contribution in [0.3, 0.4) is 0 Å². The maximum absolute atomic E-state index is 13.4. The molecule has 18 nitrogen and oxygen atoms in total. The number of anilines is 1. The number of nitrogens with one attached hydrogen (secondary N) is 1. The maximum atomic E-state index is 13.4. The van der Waals surface area contributed by atoms with Gasteiger partial charge >= 0.3 is 48.9 Å². The fourth-order valence-electron chi connectivity index (χ4n) is 7.70. The Morgan fingerprint density at radius 3 is 1.61 bits per heavy atom. The van der Waals surface area contributed by atoms with Crippen LogP contribution in [0.15, 0.2) is 169 Å². The fourth-order valence-corrected chi connectivity index (χ4v) is 9.79. The quantitative estimate of drug-likeness (QED) is 0.0231. The minimum absolute atomic E-state index is 0. The van der Waals surface area contributed by atoms with Crippen molar-refractivity contribution in [3.63, 3.8) is 0 Å². The summed E-state index contributed by atoms with van der Waals surface area (Å²) in [7, 11) is -9.23. The van der Waals surface area contributed by atoms with E-state index in [9.17, 15) is 46.1 Å². The molecule has 0 saturated carbocycles. The van der Waals surface area contributed by atoms with E-state index >= 15 is 0 Å². The van der Waals surface area contributed by atoms with Crippen molar-refractivity contribution < 1.29 is 55.5 Å². The van der Waals surface area contributed by atoms with Crippen LogP contribution in [0.5, 0.6) is 23.0 Å². The van der Waals surface area contributed by atoms with E-state index in [1.54, 1.807) is 110 Å². The van der Waals surface area contributed by atoms with Gasteiger partial charge in [-0.05, 0) is 121 Å². The van der Waals surface area contributed by atoms with Crippen LogP contribution < -0.4 is 25.0 Å². The van der Waals surface area contributed by atoms with Gasteiger partial charge in [-0.3, -0.25) is 18.9 Å². The van der Waals surface area contributed by atoms with E-state index in [1.807, 2.05) is 20.8 Å². The molecule has 0 aliphatic carbocycles. The van der Waals surface area contributed by atoms with Crippen LogP contribution in [0.2, 0.25) is 10.0 Å². The first-order valence-corrected chi connectivity index (χ1v) is 26.8. The number of phenolic OH excluding ortho intramolecular Hbond substituents is 1. The summed E-state index contributed by atoms with van der Waals surface area (Å²) in [5.41, 5.74) is 1.80. The number of carbonyl (C=O) groups excluding carboxylic acids is 1. The molecule has 0 atom stereocenters. The Kier molecular flexibility index (Phi) is 20.4. The zero-order valence-corrected chi connectivity index (χ0v) is 49.1. The van der Waals surface area contributed by atoms with E-state index in [1.165, 1.54) is 18.2 Å². The van der Waals surface area contributed by atoms with Gasteiger partial charge in [-0.15, -0.1) is 5.11 Å². The molecule has 8 aromatic rings. The molecule has 8 rings (SSSR count). The number of amides is 1. The number of nitrogens with zero attached hydrogens (tertiary/aromatic N) is 5. The summed E-state index contributed by atoms with van der Waals surface area (Å²) < 4.78 is 76.9. The van der Waals surface area contributed by atoms with E-state index in [0.717, 1.165) is 12.1 Å². The summed E-state index contributed by atoms with van der Waals surface area (Å²) in [6.45, 7) is 8.21. The molecule has 8 aromatic carbocycles. The summed E-state index contributed by atoms with van der Waals surface area (Å²) >= 11 is 12.0. The second-order valence-electron chi connectivity index (χ2n) is 16.3. The average Bonchev–Trinajstić information content (AvgIpc) is 3.39. The molecule has 0 aliphatic heterocycles. The number of hydrogen-bond acceptors (Lipinski definition) is 15. The SMILES string of the molecule is CCOc1cccc(N=C([O-])c2cc3ccccc3c(N=Nc3cc(S(=O)(=O)O)c(Cl)cc3CC)c2[O-])c1.CCOc1cccc(NC(=O)c2cc3ccccc3c(N=Nc3cc(S(=O)(=O)O)c(Cl)cc3CC)c2O)c1.[Ba+2]. The number of fused-ring (bicyclic) bond motifs is 2. The Labute approximate surface area is 493 Å². The first-order valence-electron chi connectivity index (χ1n) is 23.2. The molecule has 392 valence electrons. The van der Waals surface area contributed by atoms with Crippen molar-refractivity contribution >= 4 is 160 Å². The third kappa shape index (κ3) is 14.6. The molecule has 1 amide bonds. The van der Waals surface area contributed by atoms with Crippen LogP contribution in [-0.4, -0.2) is 105 Å². The molecule has 0 radical (unpaired) electrons. The molecule has 77 heavy (non-hydrogen) atoms. The standard InChI is InChI=1S/2C27H24ClN3O6S.Ba/c2*1-3-16-13-22(28)24(38(34,35)36)15-23(16)30-31-25-20-11-6-5-8-17(20)12-21(26(25)32)27(33)29-18-9-7-10-19(14-18)37-4-2;/h2*5-15,32H,3-4H2,1-2H3,(H,29,33)(H,34,35,36);/q;;+2/p-2. The number of aromatic hydroxyl groups is 1. The number of benzene rings is 8. The number of halogens is 2. The van der Waals surface area contributed by atoms with Crippen LogP contribution in [0, 0.1) is 0 Å². The van der Waals surface area contributed by atoms with Gasteiger partial charge in [0.15, 0.2) is 5.75 Å². The maximum Gasteiger partial charge on any atom is 2.00 e. The third-order valence-electron chi connectivity index (χ3n) is 11.3. The van der Waals surface area contributed by atoms with Crippen LogP contribution in [0.4, 0.5) is 34.1 Å². The van der Waals surface area contributed by atoms with Gasteiger partial charge in [0.05, 0.1) is 51.6 Å². The summed E-state index contributed by atoms with van der Waals surface area (Å²) in [6.07, 6.45) is 0.860. The van der Waals surface area contributed by atoms with Crippen molar-refractivity contribution in [2.45, 2.75) is 50.3 Å². The zero-order valence-electron chi connectivity index (χ0n) is 41.6. The van der Waals surface area contributed by atoms with Gasteiger partial charge in [0, 0.05) is 28.6 Å². The number of carbonyl (C=O) groups is 1. The van der Waals surface area contributed by atoms with Gasteiger partial charge in [-0.2, -0.15) is 32.2 Å². The van der Waals surface area contributed by atoms with Crippen molar-refractivity contribution in [1.82, 2.24) is 0 Å². The van der Waals surface area contributed by atoms with Crippen LogP contribution in [0.1, 0.15) is 54.7 Å². The van der Waals surface area contributed by atoms with Crippen LogP contribution in [0.25, 0.3) is 21.5 Å². The number of aliphatic imine (C=N–C) groups is 1. The van der Waals surface area contributed by atoms with Gasteiger partial charge in [0.1, 0.15) is 27.0 Å². The topological polar surface area (TPSA) is 284 Å². The van der Waals surface area contributed by atoms with E-state index in [4.69, 9.17) is 32.7 Å². The predicted molar refractivity (Wildman–Crippen MR) is 294 cm³/mol. The molecule has 0 unspecified atom stereocenters. The number of phenols is 1. The van der Waals surface area contributed by atoms with Gasteiger partial charge in [-0.1, -0.05) is 103 Å². The largest absolute Gasteiger partial charge is 2.00 e.